The molecule has 0 N–H and O–H groups in total. The van der Waals surface area contributed by atoms with Crippen LogP contribution in [0.5, 0.6) is 0 Å². The van der Waals surface area contributed by atoms with E-state index < -0.39 is 0 Å². The van der Waals surface area contributed by atoms with E-state index in [1.54, 1.807) is 0 Å². The molecule has 0 aliphatic heterocycles. The molecule has 142 valence electrons. The first kappa shape index (κ1) is 21.0. The van der Waals surface area contributed by atoms with Crippen LogP contribution in [-0.2, 0) is 6.42 Å². The van der Waals surface area contributed by atoms with Gasteiger partial charge in [-0.3, -0.25) is 0 Å². The van der Waals surface area contributed by atoms with Crippen molar-refractivity contribution >= 4 is 57.5 Å². The van der Waals surface area contributed by atoms with E-state index >= 15 is 0 Å². The van der Waals surface area contributed by atoms with E-state index in [-0.39, 0.29) is 0 Å². The molecule has 0 spiro atoms. The molecular weight excluding hydrogens is 425 g/mol. The summed E-state index contributed by atoms with van der Waals surface area (Å²) in [4.78, 5) is 8.28. The van der Waals surface area contributed by atoms with Crippen molar-refractivity contribution in [3.63, 3.8) is 0 Å². The molecule has 3 aromatic heterocycles. The van der Waals surface area contributed by atoms with Crippen molar-refractivity contribution in [2.45, 2.75) is 25.0 Å². The van der Waals surface area contributed by atoms with Gasteiger partial charge in [-0.2, -0.15) is 11.8 Å². The van der Waals surface area contributed by atoms with E-state index in [2.05, 4.69) is 73.7 Å². The molecule has 0 fully saturated rings. The van der Waals surface area contributed by atoms with Crippen LogP contribution in [0, 0.1) is 0 Å². The van der Waals surface area contributed by atoms with Crippen LogP contribution >= 0.6 is 57.5 Å². The molecule has 1 unspecified atom stereocenters. The van der Waals surface area contributed by atoms with Crippen molar-refractivity contribution in [2.75, 3.05) is 12.0 Å². The van der Waals surface area contributed by atoms with Crippen LogP contribution in [0.4, 0.5) is 0 Å². The number of thioether (sulfide) groups is 2. The average molecular weight is 449 g/mol. The molecule has 0 nitrogen and oxygen atoms in total. The summed E-state index contributed by atoms with van der Waals surface area (Å²) < 4.78 is 0. The highest BCUT2D eigenvalue weighted by atomic mass is 32.2. The summed E-state index contributed by atoms with van der Waals surface area (Å²) in [7, 11) is 0. The van der Waals surface area contributed by atoms with Gasteiger partial charge in [-0.05, 0) is 53.3 Å². The summed E-state index contributed by atoms with van der Waals surface area (Å²) in [6.07, 6.45) is 8.86. The summed E-state index contributed by atoms with van der Waals surface area (Å²) in [5.41, 5.74) is 0. The van der Waals surface area contributed by atoms with Gasteiger partial charge in [0.05, 0.1) is 5.25 Å². The molecule has 0 saturated carbocycles. The zero-order chi connectivity index (χ0) is 19.1. The quantitative estimate of drug-likeness (QED) is 0.284. The van der Waals surface area contributed by atoms with E-state index in [0.717, 1.165) is 18.6 Å². The minimum absolute atomic E-state index is 0.369. The molecule has 0 amide bonds. The Kier molecular flexibility index (Phi) is 8.34. The van der Waals surface area contributed by atoms with Gasteiger partial charge < -0.3 is 0 Å². The topological polar surface area (TPSA) is 0 Å². The Morgan fingerprint density at radius 3 is 2.67 bits per heavy atom. The normalized spacial score (nSPS) is 12.7. The van der Waals surface area contributed by atoms with Gasteiger partial charge in [-0.1, -0.05) is 31.7 Å². The first-order valence-corrected chi connectivity index (χ1v) is 13.7. The number of rotatable bonds is 10. The third-order valence-corrected chi connectivity index (χ3v) is 9.32. The summed E-state index contributed by atoms with van der Waals surface area (Å²) in [6.45, 7) is 6.43. The lowest BCUT2D eigenvalue weighted by Gasteiger charge is -2.12. The lowest BCUT2D eigenvalue weighted by atomic mass is 10.3. The molecule has 0 bridgehead atoms. The highest BCUT2D eigenvalue weighted by Gasteiger charge is 2.15. The molecule has 0 saturated heterocycles. The van der Waals surface area contributed by atoms with E-state index in [1.165, 1.54) is 29.3 Å². The molecule has 1 atom stereocenters. The van der Waals surface area contributed by atoms with Crippen LogP contribution in [0.25, 0.3) is 9.75 Å². The minimum atomic E-state index is 0.369. The predicted molar refractivity (Wildman–Crippen MR) is 132 cm³/mol. The molecule has 5 heteroatoms. The lowest BCUT2D eigenvalue weighted by Crippen LogP contribution is -1.89. The summed E-state index contributed by atoms with van der Waals surface area (Å²) >= 11 is 9.41. The van der Waals surface area contributed by atoms with Crippen LogP contribution < -0.4 is 0 Å². The Bertz CT molecular complexity index is 866. The van der Waals surface area contributed by atoms with Crippen molar-refractivity contribution in [3.05, 3.63) is 80.0 Å². The number of hydrogen-bond donors (Lipinski definition) is 0. The summed E-state index contributed by atoms with van der Waals surface area (Å²) in [5, 5.41) is 2.52. The molecule has 3 rings (SSSR count). The molecule has 27 heavy (non-hydrogen) atoms. The van der Waals surface area contributed by atoms with E-state index in [4.69, 9.17) is 0 Å². The zero-order valence-corrected chi connectivity index (χ0v) is 19.7. The van der Waals surface area contributed by atoms with Gasteiger partial charge in [-0.15, -0.1) is 45.8 Å². The second kappa shape index (κ2) is 10.7. The summed E-state index contributed by atoms with van der Waals surface area (Å²) in [6, 6.07) is 13.5. The summed E-state index contributed by atoms with van der Waals surface area (Å²) in [5.74, 6) is 1.01. The van der Waals surface area contributed by atoms with Crippen LogP contribution in [0.1, 0.15) is 33.2 Å². The lowest BCUT2D eigenvalue weighted by molar-refractivity contribution is 1.18. The number of hydrogen-bond acceptors (Lipinski definition) is 5. The van der Waals surface area contributed by atoms with E-state index in [0.29, 0.717) is 5.25 Å². The smallest absolute Gasteiger partial charge is 0.0615 e. The largest absolute Gasteiger partial charge is 0.160 e. The molecule has 3 aromatic rings. The Morgan fingerprint density at radius 2 is 1.93 bits per heavy atom. The Morgan fingerprint density at radius 1 is 1.11 bits per heavy atom. The Labute approximate surface area is 183 Å². The standard InChI is InChI=1S/C22H24S5/c1-4-5-8-19(25-16(2)15-23-3)21-11-12-22(27-21)20-10-9-18(26-20)14-17-7-6-13-24-17/h5-13,19H,2,4,14-15H2,1,3H3. The number of thiophene rings is 3. The van der Waals surface area contributed by atoms with Crippen molar-refractivity contribution < 1.29 is 0 Å². The maximum absolute atomic E-state index is 4.24. The molecule has 3 heterocycles. The van der Waals surface area contributed by atoms with Crippen LogP contribution in [-0.4, -0.2) is 12.0 Å². The second-order valence-electron chi connectivity index (χ2n) is 6.07. The highest BCUT2D eigenvalue weighted by Crippen LogP contribution is 2.43. The fraction of sp³-hybridized carbons (Fsp3) is 0.273. The van der Waals surface area contributed by atoms with Gasteiger partial charge in [0.25, 0.3) is 0 Å². The second-order valence-corrected chi connectivity index (χ2v) is 11.6. The van der Waals surface area contributed by atoms with Crippen molar-refractivity contribution in [1.82, 2.24) is 0 Å². The van der Waals surface area contributed by atoms with Gasteiger partial charge in [0.1, 0.15) is 0 Å². The predicted octanol–water partition coefficient (Wildman–Crippen LogP) is 8.75. The van der Waals surface area contributed by atoms with Gasteiger partial charge >= 0.3 is 0 Å². The van der Waals surface area contributed by atoms with Gasteiger partial charge in [0, 0.05) is 36.6 Å². The average Bonchev–Trinajstić information content (AvgIpc) is 3.40. The SMILES string of the molecule is C=C(CSC)SC(C=CCC)c1ccc(-c2ccc(Cc3cccs3)s2)s1. The third kappa shape index (κ3) is 6.13. The first-order chi connectivity index (χ1) is 13.2. The Hall–Kier alpha value is -0.720. The monoisotopic (exact) mass is 448 g/mol. The maximum atomic E-state index is 4.24. The molecule has 0 aliphatic carbocycles. The maximum Gasteiger partial charge on any atom is 0.0615 e. The minimum Gasteiger partial charge on any atom is -0.160 e. The van der Waals surface area contributed by atoms with Gasteiger partial charge in [-0.25, -0.2) is 0 Å². The van der Waals surface area contributed by atoms with Crippen molar-refractivity contribution in [3.8, 4) is 9.75 Å². The van der Waals surface area contributed by atoms with E-state index in [1.807, 2.05) is 57.5 Å². The molecule has 0 radical (unpaired) electrons. The fourth-order valence-corrected chi connectivity index (χ4v) is 7.54. The third-order valence-electron chi connectivity index (χ3n) is 3.89. The first-order valence-electron chi connectivity index (χ1n) is 8.90. The van der Waals surface area contributed by atoms with Crippen molar-refractivity contribution in [1.29, 1.82) is 0 Å². The fourth-order valence-electron chi connectivity index (χ4n) is 2.65. The van der Waals surface area contributed by atoms with Crippen LogP contribution in [0.3, 0.4) is 0 Å². The zero-order valence-electron chi connectivity index (χ0n) is 15.6. The Balaban J connectivity index is 1.74. The van der Waals surface area contributed by atoms with Crippen LogP contribution in [0.15, 0.2) is 65.4 Å². The highest BCUT2D eigenvalue weighted by molar-refractivity contribution is 8.06. The molecule has 0 aromatic carbocycles. The van der Waals surface area contributed by atoms with Gasteiger partial charge in [0.2, 0.25) is 0 Å². The van der Waals surface area contributed by atoms with E-state index in [9.17, 15) is 0 Å². The van der Waals surface area contributed by atoms with Crippen LogP contribution in [0.2, 0.25) is 0 Å². The molecule has 0 aliphatic rings. The van der Waals surface area contributed by atoms with Gasteiger partial charge in [0.15, 0.2) is 0 Å². The number of allylic oxidation sites excluding steroid dienone is 1. The van der Waals surface area contributed by atoms with Crippen molar-refractivity contribution in [2.24, 2.45) is 0 Å². The molecular formula is C22H24S5.